The van der Waals surface area contributed by atoms with Gasteiger partial charge in [0, 0.05) is 12.7 Å². The molecule has 1 aliphatic heterocycles. The number of oxime groups is 1. The van der Waals surface area contributed by atoms with Crippen LogP contribution in [0.5, 0.6) is 5.75 Å². The molecule has 1 fully saturated rings. The van der Waals surface area contributed by atoms with Crippen molar-refractivity contribution < 1.29 is 23.1 Å². The number of benzene rings is 2. The van der Waals surface area contributed by atoms with E-state index in [1.54, 1.807) is 18.3 Å². The van der Waals surface area contributed by atoms with E-state index in [0.29, 0.717) is 31.0 Å². The zero-order valence-corrected chi connectivity index (χ0v) is 19.8. The number of aromatic nitrogens is 2. The molecule has 0 radical (unpaired) electrons. The molecule has 0 amide bonds. The number of hydrogen-bond acceptors (Lipinski definition) is 4. The van der Waals surface area contributed by atoms with E-state index in [1.165, 1.54) is 0 Å². The van der Waals surface area contributed by atoms with Gasteiger partial charge in [0.15, 0.2) is 23.3 Å². The van der Waals surface area contributed by atoms with Gasteiger partial charge in [0.05, 0.1) is 30.9 Å². The monoisotopic (exact) mass is 484 g/mol. The quantitative estimate of drug-likeness (QED) is 0.264. The number of aryl methyl sites for hydroxylation is 1. The average Bonchev–Trinajstić information content (AvgIpc) is 3.29. The summed E-state index contributed by atoms with van der Waals surface area (Å²) >= 11 is 0. The Bertz CT molecular complexity index is 1260. The van der Waals surface area contributed by atoms with Crippen LogP contribution in [-0.4, -0.2) is 39.1 Å². The minimum absolute atomic E-state index is 0.285. The first-order chi connectivity index (χ1) is 16.9. The van der Waals surface area contributed by atoms with Crippen molar-refractivity contribution in [3.05, 3.63) is 82.7 Å². The number of nitrogens with zero attached hydrogens (tertiary/aromatic N) is 4. The van der Waals surface area contributed by atoms with Gasteiger partial charge in [-0.05, 0) is 73.2 Å². The molecule has 184 valence electrons. The summed E-state index contributed by atoms with van der Waals surface area (Å²) in [6.07, 6.45) is 7.40. The van der Waals surface area contributed by atoms with E-state index in [4.69, 9.17) is 4.74 Å². The third-order valence-corrected chi connectivity index (χ3v) is 6.19. The molecule has 0 aliphatic carbocycles. The van der Waals surface area contributed by atoms with Crippen molar-refractivity contribution in [2.45, 2.75) is 39.2 Å². The van der Waals surface area contributed by atoms with Crippen LogP contribution in [0.4, 0.5) is 13.2 Å². The van der Waals surface area contributed by atoms with E-state index < -0.39 is 23.5 Å². The van der Waals surface area contributed by atoms with Crippen molar-refractivity contribution >= 4 is 11.9 Å². The summed E-state index contributed by atoms with van der Waals surface area (Å²) in [6.45, 7) is 4.29. The Morgan fingerprint density at radius 2 is 1.94 bits per heavy atom. The standard InChI is InChI=1S/C26H27F3N4O2/c1-4-22(19-12-20(27)25(29)21(28)13-19)33-9-5-6-18(26(33)31-34)10-17-7-8-23(24(11-17)35-3)32-14-16(2)30-15-32/h7-8,10-15,22,34H,4-6,9H2,1-3H3/b18-10+,31-26-. The normalized spacial score (nSPS) is 17.3. The summed E-state index contributed by atoms with van der Waals surface area (Å²) in [6, 6.07) is 7.24. The van der Waals surface area contributed by atoms with Gasteiger partial charge in [0.2, 0.25) is 0 Å². The number of methoxy groups -OCH3 is 1. The Hall–Kier alpha value is -3.75. The lowest BCUT2D eigenvalue weighted by atomic mass is 9.95. The number of halogens is 3. The highest BCUT2D eigenvalue weighted by molar-refractivity contribution is 6.02. The van der Waals surface area contributed by atoms with Gasteiger partial charge in [0.25, 0.3) is 0 Å². The Labute approximate surface area is 202 Å². The Balaban J connectivity index is 1.67. The molecule has 3 aromatic rings. The van der Waals surface area contributed by atoms with Crippen molar-refractivity contribution in [2.75, 3.05) is 13.7 Å². The summed E-state index contributed by atoms with van der Waals surface area (Å²) in [5.41, 5.74) is 3.62. The summed E-state index contributed by atoms with van der Waals surface area (Å²) < 4.78 is 48.8. The fourth-order valence-electron chi connectivity index (χ4n) is 4.56. The predicted molar refractivity (Wildman–Crippen MR) is 127 cm³/mol. The highest BCUT2D eigenvalue weighted by Crippen LogP contribution is 2.34. The molecule has 0 bridgehead atoms. The average molecular weight is 485 g/mol. The van der Waals surface area contributed by atoms with Crippen molar-refractivity contribution in [1.29, 1.82) is 0 Å². The van der Waals surface area contributed by atoms with Gasteiger partial charge in [-0.3, -0.25) is 0 Å². The maximum absolute atomic E-state index is 13.9. The number of amidine groups is 1. The van der Waals surface area contributed by atoms with Gasteiger partial charge >= 0.3 is 0 Å². The van der Waals surface area contributed by atoms with E-state index >= 15 is 0 Å². The van der Waals surface area contributed by atoms with Crippen LogP contribution in [-0.2, 0) is 0 Å². The topological polar surface area (TPSA) is 62.9 Å². The van der Waals surface area contributed by atoms with Gasteiger partial charge in [-0.2, -0.15) is 0 Å². The van der Waals surface area contributed by atoms with Crippen LogP contribution in [0.25, 0.3) is 11.8 Å². The number of likely N-dealkylation sites (tertiary alicyclic amines) is 1. The van der Waals surface area contributed by atoms with E-state index in [1.807, 2.05) is 48.9 Å². The second-order valence-electron chi connectivity index (χ2n) is 8.47. The molecule has 1 N–H and O–H groups in total. The van der Waals surface area contributed by atoms with Crippen LogP contribution in [0.2, 0.25) is 0 Å². The highest BCUT2D eigenvalue weighted by Gasteiger charge is 2.30. The zero-order valence-electron chi connectivity index (χ0n) is 19.8. The lowest BCUT2D eigenvalue weighted by Crippen LogP contribution is -2.40. The fraction of sp³-hybridized carbons (Fsp3) is 0.308. The van der Waals surface area contributed by atoms with E-state index in [0.717, 1.165) is 41.1 Å². The largest absolute Gasteiger partial charge is 0.495 e. The molecule has 0 spiro atoms. The van der Waals surface area contributed by atoms with Crippen molar-refractivity contribution in [3.63, 3.8) is 0 Å². The summed E-state index contributed by atoms with van der Waals surface area (Å²) in [4.78, 5) is 6.06. The molecule has 1 aromatic heterocycles. The summed E-state index contributed by atoms with van der Waals surface area (Å²) in [7, 11) is 1.59. The van der Waals surface area contributed by atoms with E-state index in [9.17, 15) is 18.4 Å². The first-order valence-electron chi connectivity index (χ1n) is 11.4. The Kier molecular flexibility index (Phi) is 7.14. The Morgan fingerprint density at radius 3 is 2.54 bits per heavy atom. The van der Waals surface area contributed by atoms with Crippen LogP contribution in [0.1, 0.15) is 49.0 Å². The Morgan fingerprint density at radius 1 is 1.20 bits per heavy atom. The number of rotatable bonds is 6. The van der Waals surface area contributed by atoms with E-state index in [2.05, 4.69) is 10.1 Å². The second kappa shape index (κ2) is 10.2. The third kappa shape index (κ3) is 4.89. The zero-order chi connectivity index (χ0) is 25.1. The molecule has 2 aromatic carbocycles. The molecular formula is C26H27F3N4O2. The third-order valence-electron chi connectivity index (χ3n) is 6.19. The second-order valence-corrected chi connectivity index (χ2v) is 8.47. The lowest BCUT2D eigenvalue weighted by molar-refractivity contribution is 0.256. The number of piperidine rings is 1. The van der Waals surface area contributed by atoms with Gasteiger partial charge in [-0.1, -0.05) is 18.1 Å². The van der Waals surface area contributed by atoms with Gasteiger partial charge in [0.1, 0.15) is 5.75 Å². The molecule has 0 saturated carbocycles. The first kappa shape index (κ1) is 24.4. The molecular weight excluding hydrogens is 457 g/mol. The van der Waals surface area contributed by atoms with Crippen LogP contribution < -0.4 is 4.74 Å². The molecule has 1 atom stereocenters. The van der Waals surface area contributed by atoms with Crippen molar-refractivity contribution in [2.24, 2.45) is 5.16 Å². The molecule has 6 nitrogen and oxygen atoms in total. The molecule has 35 heavy (non-hydrogen) atoms. The van der Waals surface area contributed by atoms with Gasteiger partial charge < -0.3 is 19.4 Å². The van der Waals surface area contributed by atoms with Crippen molar-refractivity contribution in [1.82, 2.24) is 14.5 Å². The van der Waals surface area contributed by atoms with Gasteiger partial charge in [-0.25, -0.2) is 18.2 Å². The van der Waals surface area contributed by atoms with Crippen molar-refractivity contribution in [3.8, 4) is 11.4 Å². The molecule has 1 saturated heterocycles. The fourth-order valence-corrected chi connectivity index (χ4v) is 4.56. The first-order valence-corrected chi connectivity index (χ1v) is 11.4. The maximum Gasteiger partial charge on any atom is 0.194 e. The van der Waals surface area contributed by atoms with Crippen LogP contribution in [0.15, 0.2) is 53.6 Å². The minimum atomic E-state index is -1.50. The smallest absolute Gasteiger partial charge is 0.194 e. The number of imidazole rings is 1. The minimum Gasteiger partial charge on any atom is -0.495 e. The summed E-state index contributed by atoms with van der Waals surface area (Å²) in [5, 5.41) is 13.5. The van der Waals surface area contributed by atoms with Crippen LogP contribution >= 0.6 is 0 Å². The highest BCUT2D eigenvalue weighted by atomic mass is 19.2. The van der Waals surface area contributed by atoms with Crippen LogP contribution in [0, 0.1) is 24.4 Å². The SMILES string of the molecule is CCC(c1cc(F)c(F)c(F)c1)N1CCCC(=C\c2ccc(-n3cnc(C)c3)c(OC)c2)/C1=N/O. The number of hydrogen-bond donors (Lipinski definition) is 1. The lowest BCUT2D eigenvalue weighted by Gasteiger charge is -2.37. The van der Waals surface area contributed by atoms with E-state index in [-0.39, 0.29) is 5.56 Å². The molecule has 1 aliphatic rings. The molecule has 9 heteroatoms. The molecule has 1 unspecified atom stereocenters. The summed E-state index contributed by atoms with van der Waals surface area (Å²) in [5.74, 6) is -3.01. The molecule has 4 rings (SSSR count). The predicted octanol–water partition coefficient (Wildman–Crippen LogP) is 6.02. The molecule has 2 heterocycles. The maximum atomic E-state index is 13.9. The number of ether oxygens (including phenoxy) is 1. The van der Waals surface area contributed by atoms with Crippen LogP contribution in [0.3, 0.4) is 0 Å². The van der Waals surface area contributed by atoms with Gasteiger partial charge in [-0.15, -0.1) is 0 Å².